The molecule has 6 aliphatic heterocycles. The van der Waals surface area contributed by atoms with E-state index in [0.717, 1.165) is 169 Å². The quantitative estimate of drug-likeness (QED) is 0.0292. The van der Waals surface area contributed by atoms with Gasteiger partial charge < -0.3 is 88.9 Å². The number of carboxylic acid groups (broad SMARTS) is 1. The molecule has 8 atom stereocenters. The number of amides is 6. The standard InChI is InChI=1S/C48H52N8O6.C42H49N7O5.C10H11NO4/c1-28(2)42(53-48(59)60-5)46(57)55-20-6-8-38(55)44-50-26-37(52-44)34-17-16-32-22-31(14-15-33(32)23-34)29-10-12-30(13-11-29)36-25-49-45(51-36)39-9-7-21-56(39)47(58)43(54(3)4)35-18-19-40-41(24-35)62-27-61-40;1-25(2)36(47-40(51)53-6)39(50)48-19-7-9-34(48)37-44-24-33(46-37)31-18-17-29-21-28(15-16-30(29)22-31)26-11-13-27(14-12-26)32-23-43-38(45-32)35-10-8-20-49(35)41(52)54-42(3,4)5;1-11-9(10(12)13)6-2-3-7-8(4-6)15-5-14-7/h10-19,22-26,28,38-39,42-43H,6-9,20-21,27H2,1-5H3,(H,49,51)(H,50,52)(H,53,59);11-18,21-25,34-36H,7-10,19-20H2,1-6H3,(H,43,45)(H,44,46)(H,47,51);2-4,9,11H,5H2,1H3,(H,12,13)/t38-,39-,42-,43?;34-,35-,36-;/m00./s1. The number of carbonyl (C=O) groups excluding carboxylic acids is 6. The maximum Gasteiger partial charge on any atom is 0.410 e. The molecule has 131 heavy (non-hydrogen) atoms. The van der Waals surface area contributed by atoms with Crippen LogP contribution in [0.4, 0.5) is 14.4 Å². The summed E-state index contributed by atoms with van der Waals surface area (Å²) in [5.74, 6) is 4.30. The average Bonchev–Trinajstić information content (AvgIpc) is 1.39. The zero-order valence-corrected chi connectivity index (χ0v) is 75.7. The van der Waals surface area contributed by atoms with Gasteiger partial charge in [0.15, 0.2) is 23.0 Å². The Morgan fingerprint density at radius 3 is 1.12 bits per heavy atom. The Bertz CT molecular complexity index is 6170. The third-order valence-corrected chi connectivity index (χ3v) is 25.0. The van der Waals surface area contributed by atoms with Crippen molar-refractivity contribution >= 4 is 63.5 Å². The third kappa shape index (κ3) is 19.9. The first kappa shape index (κ1) is 90.3. The first-order valence-corrected chi connectivity index (χ1v) is 44.6. The number of likely N-dealkylation sites (tertiary alicyclic amines) is 4. The number of H-pyrrole nitrogens is 4. The number of hydrogen-bond donors (Lipinski definition) is 8. The van der Waals surface area contributed by atoms with Crippen LogP contribution < -0.4 is 34.9 Å². The number of aromatic nitrogens is 8. The summed E-state index contributed by atoms with van der Waals surface area (Å²) in [6.07, 6.45) is 12.6. The van der Waals surface area contributed by atoms with Gasteiger partial charge >= 0.3 is 24.2 Å². The second kappa shape index (κ2) is 39.1. The van der Waals surface area contributed by atoms with Gasteiger partial charge in [-0.3, -0.25) is 29.0 Å². The number of hydrogen-bond acceptors (Lipinski definition) is 20. The molecule has 31 heteroatoms. The number of carbonyl (C=O) groups is 7. The number of fused-ring (bicyclic) bond motifs is 4. The zero-order valence-electron chi connectivity index (χ0n) is 75.7. The molecular formula is C100H112N16O15. The highest BCUT2D eigenvalue weighted by Crippen LogP contribution is 2.43. The van der Waals surface area contributed by atoms with Crippen LogP contribution in [0.25, 0.3) is 88.8 Å². The van der Waals surface area contributed by atoms with Crippen molar-refractivity contribution in [3.05, 3.63) is 217 Å². The Morgan fingerprint density at radius 2 is 0.756 bits per heavy atom. The SMILES string of the molecule is CNC(C(=O)O)c1ccc2c(c1)OCO2.COC(=O)N[C@H](C(=O)N1CCC[C@H]1c1ncc(-c2ccc3cc(-c4ccc(-c5cnc([C@@H]6CCCN6C(=O)C(c6ccc7c(c6)OCO7)N(C)C)[nH]5)cc4)ccc3c2)[nH]1)C(C)C.COC(=O)N[C@H](C(=O)N1CCC[C@H]1c1ncc(-c2ccc3cc(-c4ccc(-c5cnc([C@@H]6CCCN6C(=O)OC(C)(C)C)[nH]5)cc4)ccc3c2)[nH]1)C(C)C. The van der Waals surface area contributed by atoms with Crippen LogP contribution in [-0.4, -0.2) is 204 Å². The number of aromatic amines is 4. The van der Waals surface area contributed by atoms with Crippen LogP contribution in [-0.2, 0) is 33.4 Å². The molecule has 12 aromatic rings. The van der Waals surface area contributed by atoms with Crippen LogP contribution in [0.1, 0.15) is 171 Å². The molecule has 0 radical (unpaired) electrons. The molecule has 8 aromatic carbocycles. The van der Waals surface area contributed by atoms with E-state index in [1.807, 2.05) is 125 Å². The number of methoxy groups -OCH3 is 2. The molecule has 6 aliphatic rings. The van der Waals surface area contributed by atoms with E-state index in [4.69, 9.17) is 53.2 Å². The summed E-state index contributed by atoms with van der Waals surface area (Å²) in [6.45, 7) is 16.2. The second-order valence-corrected chi connectivity index (χ2v) is 35.7. The molecule has 4 saturated heterocycles. The zero-order chi connectivity index (χ0) is 92.1. The predicted octanol–water partition coefficient (Wildman–Crippen LogP) is 17.2. The smallest absolute Gasteiger partial charge is 0.410 e. The fourth-order valence-corrected chi connectivity index (χ4v) is 18.2. The lowest BCUT2D eigenvalue weighted by Gasteiger charge is -2.31. The van der Waals surface area contributed by atoms with Crippen molar-refractivity contribution in [1.29, 1.82) is 0 Å². The predicted molar refractivity (Wildman–Crippen MR) is 494 cm³/mol. The molecule has 6 amide bonds. The van der Waals surface area contributed by atoms with Crippen molar-refractivity contribution in [3.8, 4) is 90.3 Å². The number of likely N-dealkylation sites (N-methyl/N-ethyl adjacent to an activating group) is 2. The minimum atomic E-state index is -0.920. The number of nitrogens with zero attached hydrogens (tertiary/aromatic N) is 9. The molecular weight excluding hydrogens is 1670 g/mol. The molecule has 8 N–H and O–H groups in total. The highest BCUT2D eigenvalue weighted by molar-refractivity contribution is 5.93. The molecule has 0 aliphatic carbocycles. The van der Waals surface area contributed by atoms with E-state index in [1.54, 1.807) is 30.1 Å². The summed E-state index contributed by atoms with van der Waals surface area (Å²) in [4.78, 5) is 131. The highest BCUT2D eigenvalue weighted by atomic mass is 16.7. The first-order valence-electron chi connectivity index (χ1n) is 44.6. The van der Waals surface area contributed by atoms with Gasteiger partial charge in [0.05, 0.1) is 86.0 Å². The lowest BCUT2D eigenvalue weighted by Crippen LogP contribution is -2.51. The van der Waals surface area contributed by atoms with E-state index in [2.05, 4.69) is 162 Å². The van der Waals surface area contributed by atoms with Gasteiger partial charge in [0, 0.05) is 37.3 Å². The molecule has 0 spiro atoms. The summed E-state index contributed by atoms with van der Waals surface area (Å²) < 4.78 is 36.6. The lowest BCUT2D eigenvalue weighted by atomic mass is 9.98. The fraction of sp³-hybridized carbons (Fsp3) is 0.370. The van der Waals surface area contributed by atoms with Crippen molar-refractivity contribution < 1.29 is 71.8 Å². The number of benzene rings is 8. The number of aliphatic carboxylic acids is 1. The minimum Gasteiger partial charge on any atom is -0.480 e. The summed E-state index contributed by atoms with van der Waals surface area (Å²) in [7, 11) is 8.04. The lowest BCUT2D eigenvalue weighted by molar-refractivity contribution is -0.140. The number of ether oxygens (including phenoxy) is 7. The molecule has 0 bridgehead atoms. The maximum absolute atomic E-state index is 14.2. The van der Waals surface area contributed by atoms with Crippen molar-refractivity contribution in [2.75, 3.05) is 75.1 Å². The van der Waals surface area contributed by atoms with Crippen LogP contribution >= 0.6 is 0 Å². The number of rotatable bonds is 22. The number of nitrogens with one attached hydrogen (secondary N) is 7. The fourth-order valence-electron chi connectivity index (χ4n) is 18.2. The van der Waals surface area contributed by atoms with E-state index in [1.165, 1.54) is 14.2 Å². The molecule has 4 fully saturated rings. The molecule has 31 nitrogen and oxygen atoms in total. The Balaban J connectivity index is 0.000000166. The molecule has 682 valence electrons. The normalized spacial score (nSPS) is 17.7. The van der Waals surface area contributed by atoms with Gasteiger partial charge in [-0.25, -0.2) is 34.3 Å². The summed E-state index contributed by atoms with van der Waals surface area (Å²) >= 11 is 0. The van der Waals surface area contributed by atoms with Crippen LogP contribution in [0, 0.1) is 11.8 Å². The molecule has 0 saturated carbocycles. The molecule has 10 heterocycles. The molecule has 4 aromatic heterocycles. The third-order valence-electron chi connectivity index (χ3n) is 25.0. The van der Waals surface area contributed by atoms with Gasteiger partial charge in [-0.1, -0.05) is 137 Å². The van der Waals surface area contributed by atoms with E-state index in [0.29, 0.717) is 54.7 Å². The number of alkyl carbamates (subject to hydrolysis) is 2. The van der Waals surface area contributed by atoms with Gasteiger partial charge in [-0.15, -0.1) is 0 Å². The number of imidazole rings is 4. The van der Waals surface area contributed by atoms with E-state index >= 15 is 0 Å². The van der Waals surface area contributed by atoms with Gasteiger partial charge in [-0.05, 0) is 220 Å². The van der Waals surface area contributed by atoms with Crippen LogP contribution in [0.15, 0.2) is 183 Å². The van der Waals surface area contributed by atoms with Crippen molar-refractivity contribution in [2.45, 2.75) is 154 Å². The largest absolute Gasteiger partial charge is 0.480 e. The summed E-state index contributed by atoms with van der Waals surface area (Å²) in [5.41, 5.74) is 13.0. The topological polar surface area (TPSA) is 371 Å². The van der Waals surface area contributed by atoms with Gasteiger partial charge in [0.25, 0.3) is 0 Å². The second-order valence-electron chi connectivity index (χ2n) is 35.7. The van der Waals surface area contributed by atoms with Crippen LogP contribution in [0.5, 0.6) is 23.0 Å². The van der Waals surface area contributed by atoms with E-state index < -0.39 is 47.9 Å². The minimum absolute atomic E-state index is 0.0366. The molecule has 18 rings (SSSR count). The van der Waals surface area contributed by atoms with Crippen LogP contribution in [0.2, 0.25) is 0 Å². The van der Waals surface area contributed by atoms with E-state index in [9.17, 15) is 33.6 Å². The average molecular weight is 1780 g/mol. The Morgan fingerprint density at radius 1 is 0.427 bits per heavy atom. The van der Waals surface area contributed by atoms with Crippen molar-refractivity contribution in [2.24, 2.45) is 11.8 Å². The van der Waals surface area contributed by atoms with E-state index in [-0.39, 0.29) is 73.4 Å². The van der Waals surface area contributed by atoms with Gasteiger partial charge in [0.1, 0.15) is 53.1 Å². The summed E-state index contributed by atoms with van der Waals surface area (Å²) in [6, 6.07) is 50.1. The first-order chi connectivity index (χ1) is 63.2. The van der Waals surface area contributed by atoms with Gasteiger partial charge in [-0.2, -0.15) is 0 Å². The van der Waals surface area contributed by atoms with Crippen molar-refractivity contribution in [3.63, 3.8) is 0 Å². The molecule has 2 unspecified atom stereocenters. The van der Waals surface area contributed by atoms with Gasteiger partial charge in [0.2, 0.25) is 31.3 Å². The Labute approximate surface area is 759 Å². The Hall–Kier alpha value is -14.1. The maximum atomic E-state index is 14.2. The monoisotopic (exact) mass is 1780 g/mol. The Kier molecular flexibility index (Phi) is 26.9. The van der Waals surface area contributed by atoms with Crippen LogP contribution in [0.3, 0.4) is 0 Å². The highest BCUT2D eigenvalue weighted by Gasteiger charge is 2.42. The number of carboxylic acids is 1. The van der Waals surface area contributed by atoms with Crippen molar-refractivity contribution in [1.82, 2.24) is 80.3 Å². The summed E-state index contributed by atoms with van der Waals surface area (Å²) in [5, 5.41) is 21.5.